The second kappa shape index (κ2) is 4.73. The van der Waals surface area contributed by atoms with Crippen LogP contribution in [0.3, 0.4) is 0 Å². The molecule has 94 valence electrons. The molecule has 0 saturated carbocycles. The summed E-state index contributed by atoms with van der Waals surface area (Å²) in [4.78, 5) is 0. The number of aromatic nitrogens is 5. The van der Waals surface area contributed by atoms with E-state index in [1.807, 2.05) is 20.9 Å². The molecule has 0 amide bonds. The van der Waals surface area contributed by atoms with Crippen LogP contribution in [0.2, 0.25) is 0 Å². The van der Waals surface area contributed by atoms with Crippen LogP contribution in [0, 0.1) is 19.3 Å². The molecule has 0 spiro atoms. The van der Waals surface area contributed by atoms with Crippen molar-refractivity contribution in [2.45, 2.75) is 24.0 Å². The molecule has 3 N–H and O–H groups in total. The number of rotatable bonds is 3. The van der Waals surface area contributed by atoms with E-state index in [1.54, 1.807) is 10.9 Å². The molecule has 0 aliphatic carbocycles. The monoisotopic (exact) mass is 263 g/mol. The molecule has 0 atom stereocenters. The summed E-state index contributed by atoms with van der Waals surface area (Å²) < 4.78 is 1.77. The van der Waals surface area contributed by atoms with E-state index < -0.39 is 0 Å². The molecule has 0 bridgehead atoms. The van der Waals surface area contributed by atoms with Gasteiger partial charge in [-0.05, 0) is 31.2 Å². The Labute approximate surface area is 108 Å². The molecule has 0 aliphatic rings. The molecular formula is C10H13N7S. The van der Waals surface area contributed by atoms with Gasteiger partial charge in [0.2, 0.25) is 0 Å². The van der Waals surface area contributed by atoms with Crippen LogP contribution in [0.15, 0.2) is 16.5 Å². The molecule has 2 heterocycles. The summed E-state index contributed by atoms with van der Waals surface area (Å²) in [7, 11) is 1.84. The highest BCUT2D eigenvalue weighted by Gasteiger charge is 2.16. The fourth-order valence-electron chi connectivity index (χ4n) is 1.43. The zero-order valence-corrected chi connectivity index (χ0v) is 11.1. The van der Waals surface area contributed by atoms with Gasteiger partial charge in [-0.3, -0.25) is 5.41 Å². The summed E-state index contributed by atoms with van der Waals surface area (Å²) in [6.07, 6.45) is 1.60. The molecule has 8 heteroatoms. The van der Waals surface area contributed by atoms with Crippen molar-refractivity contribution < 1.29 is 0 Å². The van der Waals surface area contributed by atoms with Gasteiger partial charge in [0, 0.05) is 7.05 Å². The first-order chi connectivity index (χ1) is 8.50. The van der Waals surface area contributed by atoms with E-state index in [4.69, 9.17) is 11.1 Å². The molecule has 18 heavy (non-hydrogen) atoms. The summed E-state index contributed by atoms with van der Waals surface area (Å²) in [6.45, 7) is 3.72. The maximum atomic E-state index is 7.65. The van der Waals surface area contributed by atoms with Gasteiger partial charge in [-0.15, -0.1) is 15.3 Å². The minimum atomic E-state index is -0.0184. The Balaban J connectivity index is 2.48. The number of amidine groups is 1. The number of nitrogen functional groups attached to an aromatic ring is 1. The summed E-state index contributed by atoms with van der Waals surface area (Å²) in [5, 5.41) is 24.8. The van der Waals surface area contributed by atoms with E-state index in [-0.39, 0.29) is 5.84 Å². The number of hydrogen-bond donors (Lipinski definition) is 2. The molecule has 2 aromatic rings. The average molecular weight is 263 g/mol. The van der Waals surface area contributed by atoms with Crippen molar-refractivity contribution in [2.24, 2.45) is 12.8 Å². The molecule has 0 saturated heterocycles. The molecule has 2 aromatic heterocycles. The zero-order valence-electron chi connectivity index (χ0n) is 10.3. The van der Waals surface area contributed by atoms with Gasteiger partial charge in [0.25, 0.3) is 0 Å². The molecule has 0 aromatic carbocycles. The lowest BCUT2D eigenvalue weighted by atomic mass is 10.1. The fraction of sp³-hybridized carbons (Fsp3) is 0.300. The van der Waals surface area contributed by atoms with Gasteiger partial charge in [-0.2, -0.15) is 5.10 Å². The van der Waals surface area contributed by atoms with E-state index in [2.05, 4.69) is 20.4 Å². The van der Waals surface area contributed by atoms with Crippen molar-refractivity contribution in [1.82, 2.24) is 25.0 Å². The van der Waals surface area contributed by atoms with E-state index in [9.17, 15) is 0 Å². The summed E-state index contributed by atoms with van der Waals surface area (Å²) in [6, 6.07) is 0. The predicted molar refractivity (Wildman–Crippen MR) is 67.6 cm³/mol. The average Bonchev–Trinajstić information content (AvgIpc) is 2.69. The minimum Gasteiger partial charge on any atom is -0.384 e. The third-order valence-electron chi connectivity index (χ3n) is 2.55. The maximum absolute atomic E-state index is 7.65. The van der Waals surface area contributed by atoms with Crippen LogP contribution in [0.25, 0.3) is 0 Å². The Kier molecular flexibility index (Phi) is 3.28. The van der Waals surface area contributed by atoms with Crippen molar-refractivity contribution in [3.8, 4) is 0 Å². The first-order valence-electron chi connectivity index (χ1n) is 5.20. The summed E-state index contributed by atoms with van der Waals surface area (Å²) in [5.41, 5.74) is 7.85. The van der Waals surface area contributed by atoms with Crippen LogP contribution in [0.1, 0.15) is 16.8 Å². The second-order valence-corrected chi connectivity index (χ2v) is 4.79. The number of hydrogen-bond acceptors (Lipinski definition) is 6. The lowest BCUT2D eigenvalue weighted by Crippen LogP contribution is -2.17. The number of nitrogens with one attached hydrogen (secondary N) is 1. The van der Waals surface area contributed by atoms with E-state index in [0.29, 0.717) is 15.7 Å². The Morgan fingerprint density at radius 3 is 2.61 bits per heavy atom. The SMILES string of the molecule is Cc1nnc(Sc2nncn2C)c(C(=N)N)c1C. The Bertz CT molecular complexity index is 604. The highest BCUT2D eigenvalue weighted by atomic mass is 32.2. The normalized spacial score (nSPS) is 10.6. The van der Waals surface area contributed by atoms with Gasteiger partial charge in [-0.25, -0.2) is 0 Å². The van der Waals surface area contributed by atoms with Gasteiger partial charge < -0.3 is 10.3 Å². The van der Waals surface area contributed by atoms with Gasteiger partial charge in [-0.1, -0.05) is 0 Å². The third-order valence-corrected chi connectivity index (χ3v) is 3.58. The molecule has 7 nitrogen and oxygen atoms in total. The van der Waals surface area contributed by atoms with Gasteiger partial charge in [0.15, 0.2) is 5.16 Å². The zero-order chi connectivity index (χ0) is 13.3. The predicted octanol–water partition coefficient (Wildman–Crippen LogP) is 0.657. The molecular weight excluding hydrogens is 250 g/mol. The Morgan fingerprint density at radius 2 is 2.06 bits per heavy atom. The van der Waals surface area contributed by atoms with E-state index in [1.165, 1.54) is 11.8 Å². The standard InChI is InChI=1S/C10H13N7S/c1-5-6(2)14-15-9(7(5)8(11)12)18-10-16-13-4-17(10)3/h4H,1-3H3,(H3,11,12). The lowest BCUT2D eigenvalue weighted by Gasteiger charge is -2.10. The van der Waals surface area contributed by atoms with Crippen LogP contribution in [0.5, 0.6) is 0 Å². The summed E-state index contributed by atoms with van der Waals surface area (Å²) >= 11 is 1.29. The maximum Gasteiger partial charge on any atom is 0.197 e. The molecule has 0 fully saturated rings. The first-order valence-corrected chi connectivity index (χ1v) is 6.02. The molecule has 0 radical (unpaired) electrons. The van der Waals surface area contributed by atoms with Crippen molar-refractivity contribution in [2.75, 3.05) is 0 Å². The van der Waals surface area contributed by atoms with Crippen LogP contribution < -0.4 is 5.73 Å². The van der Waals surface area contributed by atoms with E-state index >= 15 is 0 Å². The lowest BCUT2D eigenvalue weighted by molar-refractivity contribution is 0.782. The Morgan fingerprint density at radius 1 is 1.33 bits per heavy atom. The smallest absolute Gasteiger partial charge is 0.197 e. The summed E-state index contributed by atoms with van der Waals surface area (Å²) in [5.74, 6) is -0.0184. The van der Waals surface area contributed by atoms with Crippen molar-refractivity contribution in [3.05, 3.63) is 23.1 Å². The van der Waals surface area contributed by atoms with Gasteiger partial charge in [0.05, 0.1) is 11.3 Å². The van der Waals surface area contributed by atoms with E-state index in [0.717, 1.165) is 11.3 Å². The van der Waals surface area contributed by atoms with Gasteiger partial charge >= 0.3 is 0 Å². The molecule has 0 unspecified atom stereocenters. The quantitative estimate of drug-likeness (QED) is 0.622. The third kappa shape index (κ3) is 2.19. The number of nitrogens with zero attached hydrogens (tertiary/aromatic N) is 5. The van der Waals surface area contributed by atoms with Crippen molar-refractivity contribution in [1.29, 1.82) is 5.41 Å². The Hall–Kier alpha value is -1.96. The topological polar surface area (TPSA) is 106 Å². The van der Waals surface area contributed by atoms with Crippen LogP contribution in [-0.2, 0) is 7.05 Å². The van der Waals surface area contributed by atoms with Crippen molar-refractivity contribution >= 4 is 17.6 Å². The van der Waals surface area contributed by atoms with Crippen LogP contribution in [-0.4, -0.2) is 30.8 Å². The van der Waals surface area contributed by atoms with Crippen molar-refractivity contribution in [3.63, 3.8) is 0 Å². The largest absolute Gasteiger partial charge is 0.384 e. The highest BCUT2D eigenvalue weighted by Crippen LogP contribution is 2.28. The number of nitrogens with two attached hydrogens (primary N) is 1. The molecule has 0 aliphatic heterocycles. The first kappa shape index (κ1) is 12.5. The number of aryl methyl sites for hydroxylation is 2. The fourth-order valence-corrected chi connectivity index (χ4v) is 2.33. The van der Waals surface area contributed by atoms with Crippen LogP contribution in [0.4, 0.5) is 0 Å². The second-order valence-electron chi connectivity index (χ2n) is 3.83. The molecule has 2 rings (SSSR count). The highest BCUT2D eigenvalue weighted by molar-refractivity contribution is 7.99. The van der Waals surface area contributed by atoms with Crippen LogP contribution >= 0.6 is 11.8 Å². The minimum absolute atomic E-state index is 0.0184. The van der Waals surface area contributed by atoms with Gasteiger partial charge in [0.1, 0.15) is 17.2 Å².